The monoisotopic (exact) mass is 314 g/mol. The third-order valence-corrected chi connectivity index (χ3v) is 4.03. The minimum atomic E-state index is -3.24. The fourth-order valence-electron chi connectivity index (χ4n) is 2.22. The molecule has 6 heteroatoms. The molecule has 0 spiro atoms. The standard InChI is InChI=1S/C15H26N2O3S/c1-11(2)15(9-10-18)16-12(3)13-5-7-14(8-6-13)17-21(4,19)20/h5-8,11-12,15-18H,9-10H2,1-4H3. The molecule has 0 aliphatic rings. The molecule has 1 aromatic rings. The Kier molecular flexibility index (Phi) is 6.64. The van der Waals surface area contributed by atoms with Gasteiger partial charge < -0.3 is 10.4 Å². The number of nitrogens with one attached hydrogen (secondary N) is 2. The van der Waals surface area contributed by atoms with Crippen molar-refractivity contribution in [2.45, 2.75) is 39.3 Å². The van der Waals surface area contributed by atoms with Crippen LogP contribution in [0.2, 0.25) is 0 Å². The molecule has 21 heavy (non-hydrogen) atoms. The molecule has 3 N–H and O–H groups in total. The fraction of sp³-hybridized carbons (Fsp3) is 0.600. The molecule has 0 aliphatic heterocycles. The molecule has 2 atom stereocenters. The van der Waals surface area contributed by atoms with Crippen molar-refractivity contribution in [3.05, 3.63) is 29.8 Å². The van der Waals surface area contributed by atoms with Crippen molar-refractivity contribution in [3.63, 3.8) is 0 Å². The summed E-state index contributed by atoms with van der Waals surface area (Å²) in [6.45, 7) is 6.48. The Morgan fingerprint density at radius 1 is 1.14 bits per heavy atom. The third-order valence-electron chi connectivity index (χ3n) is 3.42. The van der Waals surface area contributed by atoms with Gasteiger partial charge in [-0.3, -0.25) is 4.72 Å². The lowest BCUT2D eigenvalue weighted by Gasteiger charge is -2.26. The maximum atomic E-state index is 11.2. The predicted molar refractivity (Wildman–Crippen MR) is 86.8 cm³/mol. The van der Waals surface area contributed by atoms with E-state index in [2.05, 4.69) is 30.8 Å². The first-order valence-electron chi connectivity index (χ1n) is 7.17. The SMILES string of the molecule is CC(NC(CCO)C(C)C)c1ccc(NS(C)(=O)=O)cc1. The average molecular weight is 314 g/mol. The Balaban J connectivity index is 2.72. The Labute approximate surface area is 127 Å². The highest BCUT2D eigenvalue weighted by molar-refractivity contribution is 7.92. The summed E-state index contributed by atoms with van der Waals surface area (Å²) in [5, 5.41) is 12.6. The summed E-state index contributed by atoms with van der Waals surface area (Å²) in [7, 11) is -3.24. The number of aliphatic hydroxyl groups excluding tert-OH is 1. The van der Waals surface area contributed by atoms with Crippen LogP contribution in [0.5, 0.6) is 0 Å². The number of hydrogen-bond donors (Lipinski definition) is 3. The normalized spacial score (nSPS) is 15.0. The number of hydrogen-bond acceptors (Lipinski definition) is 4. The summed E-state index contributed by atoms with van der Waals surface area (Å²) < 4.78 is 24.8. The lowest BCUT2D eigenvalue weighted by molar-refractivity contribution is 0.237. The van der Waals surface area contributed by atoms with Crippen LogP contribution >= 0.6 is 0 Å². The smallest absolute Gasteiger partial charge is 0.229 e. The molecule has 2 unspecified atom stereocenters. The first-order chi connectivity index (χ1) is 9.73. The van der Waals surface area contributed by atoms with Crippen LogP contribution in [-0.4, -0.2) is 32.4 Å². The third kappa shape index (κ3) is 6.46. The van der Waals surface area contributed by atoms with E-state index in [-0.39, 0.29) is 18.7 Å². The van der Waals surface area contributed by atoms with Gasteiger partial charge in [-0.25, -0.2) is 8.42 Å². The molecule has 0 amide bonds. The molecule has 120 valence electrons. The maximum absolute atomic E-state index is 11.2. The first-order valence-corrected chi connectivity index (χ1v) is 9.06. The maximum Gasteiger partial charge on any atom is 0.229 e. The molecule has 0 saturated heterocycles. The lowest BCUT2D eigenvalue weighted by Crippen LogP contribution is -2.36. The van der Waals surface area contributed by atoms with Gasteiger partial charge in [-0.1, -0.05) is 26.0 Å². The molecule has 0 fully saturated rings. The number of anilines is 1. The second kappa shape index (κ2) is 7.77. The zero-order valence-electron chi connectivity index (χ0n) is 13.1. The summed E-state index contributed by atoms with van der Waals surface area (Å²) in [5.74, 6) is 0.436. The molecule has 5 nitrogen and oxygen atoms in total. The molecule has 1 aromatic carbocycles. The first kappa shape index (κ1) is 17.9. The van der Waals surface area contributed by atoms with E-state index in [9.17, 15) is 8.42 Å². The Morgan fingerprint density at radius 3 is 2.14 bits per heavy atom. The summed E-state index contributed by atoms with van der Waals surface area (Å²) in [4.78, 5) is 0. The van der Waals surface area contributed by atoms with E-state index >= 15 is 0 Å². The number of aliphatic hydroxyl groups is 1. The Bertz CT molecular complexity index is 526. The van der Waals surface area contributed by atoms with Crippen LogP contribution in [0.4, 0.5) is 5.69 Å². The highest BCUT2D eigenvalue weighted by Crippen LogP contribution is 2.19. The van der Waals surface area contributed by atoms with Gasteiger partial charge in [-0.15, -0.1) is 0 Å². The van der Waals surface area contributed by atoms with E-state index in [0.717, 1.165) is 18.2 Å². The van der Waals surface area contributed by atoms with Crippen molar-refractivity contribution < 1.29 is 13.5 Å². The van der Waals surface area contributed by atoms with E-state index < -0.39 is 10.0 Å². The fourth-order valence-corrected chi connectivity index (χ4v) is 2.78. The van der Waals surface area contributed by atoms with Gasteiger partial charge in [0.2, 0.25) is 10.0 Å². The lowest BCUT2D eigenvalue weighted by atomic mass is 9.98. The van der Waals surface area contributed by atoms with Gasteiger partial charge in [0.25, 0.3) is 0 Å². The van der Waals surface area contributed by atoms with Gasteiger partial charge in [0.05, 0.1) is 6.26 Å². The summed E-state index contributed by atoms with van der Waals surface area (Å²) in [6.07, 6.45) is 1.85. The second-order valence-corrected chi connectivity index (χ2v) is 7.50. The van der Waals surface area contributed by atoms with Crippen molar-refractivity contribution in [1.82, 2.24) is 5.32 Å². The van der Waals surface area contributed by atoms with Crippen molar-refractivity contribution in [2.24, 2.45) is 5.92 Å². The van der Waals surface area contributed by atoms with Crippen molar-refractivity contribution in [3.8, 4) is 0 Å². The van der Waals surface area contributed by atoms with Crippen LogP contribution in [0.25, 0.3) is 0 Å². The largest absolute Gasteiger partial charge is 0.396 e. The number of benzene rings is 1. The average Bonchev–Trinajstić information content (AvgIpc) is 2.36. The van der Waals surface area contributed by atoms with Crippen LogP contribution < -0.4 is 10.0 Å². The molecule has 0 saturated carbocycles. The molecule has 0 radical (unpaired) electrons. The highest BCUT2D eigenvalue weighted by Gasteiger charge is 2.16. The quantitative estimate of drug-likeness (QED) is 0.687. The van der Waals surface area contributed by atoms with Gasteiger partial charge in [0.1, 0.15) is 0 Å². The van der Waals surface area contributed by atoms with Crippen LogP contribution in [0.3, 0.4) is 0 Å². The molecular weight excluding hydrogens is 288 g/mol. The van der Waals surface area contributed by atoms with E-state index in [1.54, 1.807) is 12.1 Å². The van der Waals surface area contributed by atoms with Crippen molar-refractivity contribution >= 4 is 15.7 Å². The molecule has 1 rings (SSSR count). The zero-order chi connectivity index (χ0) is 16.0. The minimum Gasteiger partial charge on any atom is -0.396 e. The van der Waals surface area contributed by atoms with Crippen LogP contribution in [0.15, 0.2) is 24.3 Å². The number of sulfonamides is 1. The Morgan fingerprint density at radius 2 is 1.71 bits per heavy atom. The summed E-state index contributed by atoms with van der Waals surface area (Å²) >= 11 is 0. The highest BCUT2D eigenvalue weighted by atomic mass is 32.2. The van der Waals surface area contributed by atoms with E-state index in [4.69, 9.17) is 5.11 Å². The zero-order valence-corrected chi connectivity index (χ0v) is 13.9. The van der Waals surface area contributed by atoms with Crippen LogP contribution in [-0.2, 0) is 10.0 Å². The van der Waals surface area contributed by atoms with Gasteiger partial charge >= 0.3 is 0 Å². The second-order valence-electron chi connectivity index (χ2n) is 5.75. The summed E-state index contributed by atoms with van der Waals surface area (Å²) in [6, 6.07) is 7.70. The van der Waals surface area contributed by atoms with E-state index in [0.29, 0.717) is 11.6 Å². The van der Waals surface area contributed by atoms with Gasteiger partial charge in [0, 0.05) is 24.4 Å². The van der Waals surface area contributed by atoms with E-state index in [1.165, 1.54) is 0 Å². The van der Waals surface area contributed by atoms with Crippen LogP contribution in [0, 0.1) is 5.92 Å². The topological polar surface area (TPSA) is 78.4 Å². The van der Waals surface area contributed by atoms with Gasteiger partial charge in [-0.2, -0.15) is 0 Å². The molecule has 0 heterocycles. The molecule has 0 bridgehead atoms. The number of rotatable bonds is 8. The van der Waals surface area contributed by atoms with Crippen molar-refractivity contribution in [2.75, 3.05) is 17.6 Å². The predicted octanol–water partition coefficient (Wildman–Crippen LogP) is 2.12. The molecular formula is C15H26N2O3S. The van der Waals surface area contributed by atoms with Crippen molar-refractivity contribution in [1.29, 1.82) is 0 Å². The van der Waals surface area contributed by atoms with Gasteiger partial charge in [0.15, 0.2) is 0 Å². The molecule has 0 aliphatic carbocycles. The summed E-state index contributed by atoms with van der Waals surface area (Å²) in [5.41, 5.74) is 1.64. The minimum absolute atomic E-state index is 0.135. The Hall–Kier alpha value is -1.11. The molecule has 0 aromatic heterocycles. The van der Waals surface area contributed by atoms with Crippen LogP contribution in [0.1, 0.15) is 38.8 Å². The van der Waals surface area contributed by atoms with Gasteiger partial charge in [-0.05, 0) is 37.0 Å². The van der Waals surface area contributed by atoms with E-state index in [1.807, 2.05) is 12.1 Å².